The Kier molecular flexibility index (Phi) is 4.04. The molecule has 0 aliphatic rings. The van der Waals surface area contributed by atoms with Crippen LogP contribution >= 0.6 is 0 Å². The zero-order valence-electron chi connectivity index (χ0n) is 9.76. The Morgan fingerprint density at radius 1 is 1.40 bits per heavy atom. The largest absolute Gasteiger partial charge is 0.310 e. The molecule has 0 saturated heterocycles. The van der Waals surface area contributed by atoms with Crippen LogP contribution in [0.3, 0.4) is 0 Å². The molecule has 0 fully saturated rings. The summed E-state index contributed by atoms with van der Waals surface area (Å²) < 4.78 is 13.8. The molecule has 0 aliphatic carbocycles. The Hall–Kier alpha value is -1.15. The second-order valence-electron chi connectivity index (χ2n) is 3.99. The van der Waals surface area contributed by atoms with Crippen molar-refractivity contribution in [3.05, 3.63) is 46.8 Å². The van der Waals surface area contributed by atoms with Crippen LogP contribution in [0.4, 0.5) is 4.39 Å². The SMILES string of the molecule is CNC(C=C(C)C)c1cccc(C)c1F. The van der Waals surface area contributed by atoms with E-state index in [1.165, 1.54) is 5.57 Å². The number of hydrogen-bond acceptors (Lipinski definition) is 1. The van der Waals surface area contributed by atoms with E-state index in [-0.39, 0.29) is 11.9 Å². The molecule has 0 radical (unpaired) electrons. The van der Waals surface area contributed by atoms with Gasteiger partial charge in [0, 0.05) is 5.56 Å². The van der Waals surface area contributed by atoms with E-state index in [0.29, 0.717) is 11.1 Å². The zero-order valence-corrected chi connectivity index (χ0v) is 9.76. The van der Waals surface area contributed by atoms with Crippen LogP contribution in [-0.4, -0.2) is 7.05 Å². The molecule has 0 spiro atoms. The minimum Gasteiger partial charge on any atom is -0.310 e. The maximum Gasteiger partial charge on any atom is 0.131 e. The topological polar surface area (TPSA) is 12.0 Å². The number of aryl methyl sites for hydroxylation is 1. The molecule has 2 heteroatoms. The fourth-order valence-electron chi connectivity index (χ4n) is 1.57. The van der Waals surface area contributed by atoms with Gasteiger partial charge in [-0.1, -0.05) is 29.8 Å². The Balaban J connectivity index is 3.13. The molecule has 1 nitrogen and oxygen atoms in total. The van der Waals surface area contributed by atoms with Crippen molar-refractivity contribution in [2.75, 3.05) is 7.05 Å². The van der Waals surface area contributed by atoms with Crippen LogP contribution in [0.15, 0.2) is 29.8 Å². The van der Waals surface area contributed by atoms with Gasteiger partial charge in [-0.05, 0) is 33.4 Å². The first-order valence-corrected chi connectivity index (χ1v) is 5.13. The van der Waals surface area contributed by atoms with Gasteiger partial charge in [0.15, 0.2) is 0 Å². The highest BCUT2D eigenvalue weighted by atomic mass is 19.1. The summed E-state index contributed by atoms with van der Waals surface area (Å²) in [7, 11) is 1.84. The summed E-state index contributed by atoms with van der Waals surface area (Å²) in [5, 5.41) is 3.10. The number of benzene rings is 1. The first-order chi connectivity index (χ1) is 7.06. The van der Waals surface area contributed by atoms with Gasteiger partial charge in [-0.25, -0.2) is 4.39 Å². The minimum atomic E-state index is -0.116. The Morgan fingerprint density at radius 2 is 2.07 bits per heavy atom. The van der Waals surface area contributed by atoms with Crippen molar-refractivity contribution < 1.29 is 4.39 Å². The van der Waals surface area contributed by atoms with Crippen molar-refractivity contribution in [1.82, 2.24) is 5.32 Å². The lowest BCUT2D eigenvalue weighted by Gasteiger charge is -2.15. The van der Waals surface area contributed by atoms with Crippen molar-refractivity contribution in [2.45, 2.75) is 26.8 Å². The smallest absolute Gasteiger partial charge is 0.131 e. The van der Waals surface area contributed by atoms with Gasteiger partial charge in [-0.2, -0.15) is 0 Å². The lowest BCUT2D eigenvalue weighted by atomic mass is 10.0. The van der Waals surface area contributed by atoms with E-state index in [1.54, 1.807) is 13.0 Å². The molecule has 0 heterocycles. The van der Waals surface area contributed by atoms with E-state index >= 15 is 0 Å². The summed E-state index contributed by atoms with van der Waals surface area (Å²) in [5.41, 5.74) is 2.57. The minimum absolute atomic E-state index is 0.0464. The number of allylic oxidation sites excluding steroid dienone is 1. The van der Waals surface area contributed by atoms with E-state index in [9.17, 15) is 4.39 Å². The summed E-state index contributed by atoms with van der Waals surface area (Å²) in [6.07, 6.45) is 2.03. The van der Waals surface area contributed by atoms with E-state index in [1.807, 2.05) is 39.1 Å². The lowest BCUT2D eigenvalue weighted by molar-refractivity contribution is 0.574. The van der Waals surface area contributed by atoms with Gasteiger partial charge in [0.2, 0.25) is 0 Å². The lowest BCUT2D eigenvalue weighted by Crippen LogP contribution is -2.16. The molecular formula is C13H18FN. The van der Waals surface area contributed by atoms with Crippen molar-refractivity contribution in [3.63, 3.8) is 0 Å². The average Bonchev–Trinajstić information content (AvgIpc) is 2.19. The van der Waals surface area contributed by atoms with Gasteiger partial charge >= 0.3 is 0 Å². The summed E-state index contributed by atoms with van der Waals surface area (Å²) in [6, 6.07) is 5.45. The van der Waals surface area contributed by atoms with Crippen LogP contribution in [-0.2, 0) is 0 Å². The molecule has 1 aromatic carbocycles. The number of nitrogens with one attached hydrogen (secondary N) is 1. The van der Waals surface area contributed by atoms with Gasteiger partial charge in [0.1, 0.15) is 5.82 Å². The molecule has 0 aromatic heterocycles. The number of rotatable bonds is 3. The second-order valence-corrected chi connectivity index (χ2v) is 3.99. The number of halogens is 1. The van der Waals surface area contributed by atoms with Crippen molar-refractivity contribution in [3.8, 4) is 0 Å². The second kappa shape index (κ2) is 5.08. The molecule has 1 atom stereocenters. The quantitative estimate of drug-likeness (QED) is 0.749. The van der Waals surface area contributed by atoms with Gasteiger partial charge in [0.25, 0.3) is 0 Å². The summed E-state index contributed by atoms with van der Waals surface area (Å²) in [6.45, 7) is 5.81. The molecule has 1 rings (SSSR count). The molecule has 82 valence electrons. The van der Waals surface area contributed by atoms with E-state index < -0.39 is 0 Å². The van der Waals surface area contributed by atoms with E-state index in [4.69, 9.17) is 0 Å². The predicted octanol–water partition coefficient (Wildman–Crippen LogP) is 3.36. The molecule has 1 N–H and O–H groups in total. The zero-order chi connectivity index (χ0) is 11.4. The van der Waals surface area contributed by atoms with Gasteiger partial charge in [-0.15, -0.1) is 0 Å². The fraction of sp³-hybridized carbons (Fsp3) is 0.385. The highest BCUT2D eigenvalue weighted by Gasteiger charge is 2.12. The van der Waals surface area contributed by atoms with Crippen LogP contribution in [0, 0.1) is 12.7 Å². The normalized spacial score (nSPS) is 12.3. The van der Waals surface area contributed by atoms with Gasteiger partial charge in [-0.3, -0.25) is 0 Å². The average molecular weight is 207 g/mol. The number of hydrogen-bond donors (Lipinski definition) is 1. The van der Waals surface area contributed by atoms with Crippen LogP contribution in [0.1, 0.15) is 31.0 Å². The van der Waals surface area contributed by atoms with Crippen LogP contribution in [0.2, 0.25) is 0 Å². The third-order valence-corrected chi connectivity index (χ3v) is 2.37. The van der Waals surface area contributed by atoms with Crippen LogP contribution in [0.25, 0.3) is 0 Å². The highest BCUT2D eigenvalue weighted by molar-refractivity contribution is 5.30. The summed E-state index contributed by atoms with van der Waals surface area (Å²) in [4.78, 5) is 0. The molecular weight excluding hydrogens is 189 g/mol. The van der Waals surface area contributed by atoms with Crippen molar-refractivity contribution >= 4 is 0 Å². The monoisotopic (exact) mass is 207 g/mol. The van der Waals surface area contributed by atoms with Crippen molar-refractivity contribution in [2.24, 2.45) is 0 Å². The molecule has 1 unspecified atom stereocenters. The maximum atomic E-state index is 13.8. The Labute approximate surface area is 91.0 Å². The summed E-state index contributed by atoms with van der Waals surface area (Å²) >= 11 is 0. The predicted molar refractivity (Wildman–Crippen MR) is 62.4 cm³/mol. The third kappa shape index (κ3) is 2.90. The van der Waals surface area contributed by atoms with Crippen LogP contribution in [0.5, 0.6) is 0 Å². The molecule has 0 bridgehead atoms. The molecule has 15 heavy (non-hydrogen) atoms. The Morgan fingerprint density at radius 3 is 2.60 bits per heavy atom. The third-order valence-electron chi connectivity index (χ3n) is 2.37. The first-order valence-electron chi connectivity index (χ1n) is 5.13. The molecule has 1 aromatic rings. The van der Waals surface area contributed by atoms with Crippen molar-refractivity contribution in [1.29, 1.82) is 0 Å². The van der Waals surface area contributed by atoms with Gasteiger partial charge in [0.05, 0.1) is 6.04 Å². The fourth-order valence-corrected chi connectivity index (χ4v) is 1.57. The van der Waals surface area contributed by atoms with Crippen LogP contribution < -0.4 is 5.32 Å². The molecule has 0 aliphatic heterocycles. The van der Waals surface area contributed by atoms with E-state index in [2.05, 4.69) is 5.32 Å². The summed E-state index contributed by atoms with van der Waals surface area (Å²) in [5.74, 6) is -0.116. The number of likely N-dealkylation sites (N-methyl/N-ethyl adjacent to an activating group) is 1. The maximum absolute atomic E-state index is 13.8. The standard InChI is InChI=1S/C13H18FN/c1-9(2)8-12(15-4)11-7-5-6-10(3)13(11)14/h5-8,12,15H,1-4H3. The molecule has 0 saturated carbocycles. The first kappa shape index (κ1) is 11.9. The van der Waals surface area contributed by atoms with E-state index in [0.717, 1.165) is 0 Å². The van der Waals surface area contributed by atoms with Gasteiger partial charge < -0.3 is 5.32 Å². The molecule has 0 amide bonds. The Bertz CT molecular complexity index is 365. The highest BCUT2D eigenvalue weighted by Crippen LogP contribution is 2.21.